The number of unbranched alkanes of at least 4 members (excludes halogenated alkanes) is 1. The molecule has 41 nitrogen and oxygen atoms in total. The van der Waals surface area contributed by atoms with Crippen LogP contribution in [-0.2, 0) is 107 Å². The number of rotatable bonds is 39. The molecule has 128 heavy (non-hydrogen) atoms. The van der Waals surface area contributed by atoms with E-state index >= 15 is 19.2 Å². The van der Waals surface area contributed by atoms with E-state index in [1.165, 1.54) is 33.3 Å². The summed E-state index contributed by atoms with van der Waals surface area (Å²) in [5, 5.41) is 82.8. The summed E-state index contributed by atoms with van der Waals surface area (Å²) in [6, 6.07) is -11.4. The zero-order chi connectivity index (χ0) is 94.3. The summed E-state index contributed by atoms with van der Waals surface area (Å²) >= 11 is 2.21. The van der Waals surface area contributed by atoms with E-state index in [1.807, 2.05) is 0 Å². The number of thioether (sulfide) groups is 2. The molecular weight excluding hydrogens is 1750 g/mol. The van der Waals surface area contributed by atoms with Gasteiger partial charge in [-0.2, -0.15) is 23.5 Å². The molecule has 4 aromatic heterocycles. The van der Waals surface area contributed by atoms with Gasteiger partial charge in [-0.1, -0.05) is 68.7 Å². The second-order valence-corrected chi connectivity index (χ2v) is 35.0. The molecule has 3 aliphatic heterocycles. The van der Waals surface area contributed by atoms with Crippen LogP contribution in [0.15, 0.2) is 36.8 Å². The fourth-order valence-corrected chi connectivity index (χ4v) is 16.7. The van der Waals surface area contributed by atoms with Crippen LogP contribution in [0.4, 0.5) is 0 Å². The molecule has 14 unspecified atom stereocenters. The second-order valence-electron chi connectivity index (χ2n) is 32.3. The number of carboxylic acids is 4. The number of aryl methyl sites for hydroxylation is 3. The number of imidazole rings is 1. The normalized spacial score (nSPS) is 18.9. The van der Waals surface area contributed by atoms with E-state index in [2.05, 4.69) is 63.1 Å². The van der Waals surface area contributed by atoms with Crippen molar-refractivity contribution in [2.45, 2.75) is 256 Å². The van der Waals surface area contributed by atoms with Crippen molar-refractivity contribution in [3.05, 3.63) is 87.5 Å². The van der Waals surface area contributed by atoms with E-state index in [0.29, 0.717) is 84.6 Å². The molecule has 7 heterocycles. The molecule has 12 amide bonds. The zero-order valence-corrected chi connectivity index (χ0v) is 75.8. The Labute approximate surface area is 763 Å². The van der Waals surface area contributed by atoms with Gasteiger partial charge in [0.1, 0.15) is 54.4 Å². The zero-order valence-electron chi connectivity index (χ0n) is 77.1. The Morgan fingerprint density at radius 2 is 1.12 bits per heavy atom. The number of primary amides is 2. The van der Waals surface area contributed by atoms with Gasteiger partial charge in [0.05, 0.1) is 59.0 Å². The number of hydrogen-bond acceptors (Lipinski definition) is 28. The number of aliphatic hydroxyl groups excluding tert-OH is 1. The number of carboxylic acid groups (broad SMARTS) is 4. The number of carbonyl (C=O) groups is 16. The van der Waals surface area contributed by atoms with Crippen molar-refractivity contribution >= 4 is 163 Å². The van der Waals surface area contributed by atoms with E-state index < -0.39 is 240 Å². The molecule has 7 rings (SSSR count). The van der Waals surface area contributed by atoms with Crippen LogP contribution in [0.5, 0.6) is 0 Å². The number of allylic oxidation sites excluding steroid dienone is 3. The molecular formula is C84H116FeN20O21S2. The fraction of sp³-hybridized carbons (Fsp3) is 0.536. The van der Waals surface area contributed by atoms with Crippen LogP contribution in [0.3, 0.4) is 0 Å². The molecule has 0 radical (unpaired) electrons. The van der Waals surface area contributed by atoms with Crippen molar-refractivity contribution in [2.24, 2.45) is 34.8 Å². The summed E-state index contributed by atoms with van der Waals surface area (Å²) in [6.07, 6.45) is -3.52. The minimum Gasteiger partial charge on any atom is -0.657 e. The molecule has 14 atom stereocenters. The van der Waals surface area contributed by atoms with Gasteiger partial charge in [0.15, 0.2) is 0 Å². The Morgan fingerprint density at radius 1 is 0.570 bits per heavy atom. The van der Waals surface area contributed by atoms with Crippen LogP contribution >= 0.6 is 23.5 Å². The van der Waals surface area contributed by atoms with Gasteiger partial charge in [-0.3, -0.25) is 57.5 Å². The first-order chi connectivity index (χ1) is 59.8. The Morgan fingerprint density at radius 3 is 1.73 bits per heavy atom. The van der Waals surface area contributed by atoms with E-state index in [0.717, 1.165) is 30.4 Å². The van der Waals surface area contributed by atoms with Gasteiger partial charge in [0.2, 0.25) is 70.9 Å². The number of aliphatic carboxylic acids is 4. The van der Waals surface area contributed by atoms with E-state index in [1.54, 1.807) is 79.7 Å². The molecule has 44 heteroatoms. The Kier molecular flexibility index (Phi) is 39.9. The third-order valence-corrected chi connectivity index (χ3v) is 24.4. The van der Waals surface area contributed by atoms with Gasteiger partial charge in [-0.05, 0) is 172 Å². The van der Waals surface area contributed by atoms with Crippen LogP contribution in [0.25, 0.3) is 44.4 Å². The van der Waals surface area contributed by atoms with Crippen molar-refractivity contribution in [2.75, 3.05) is 18.1 Å². The number of aliphatic hydroxyl groups is 1. The Hall–Kier alpha value is -11.6. The third kappa shape index (κ3) is 29.5. The summed E-state index contributed by atoms with van der Waals surface area (Å²) < 4.78 is 0. The third-order valence-electron chi connectivity index (χ3n) is 21.9. The minimum absolute atomic E-state index is 0. The SMILES string of the molecule is CC1=C(CCC(=O)[O-])c2cc3[n-]c(cc4nc5cc6[n-]c(cc1n2)c(C)c6C(C)SCC(NC(=O)C(CCCCN)NC(=O)C(CCC(N)=O)NC(=O)C(N)C(C)C)C(=O)NC(C)C(=O)NC(CCC(N)=O)C(=O)NC(C(=O)NC(Cc1c[nH]cn1)C(=O)NC(C(=O)NC(C(=O)NC(CCC(=O)[O-])C(=O)[O-])C(C)C)C(C)O)CSC(C)C4=C5C)c(C)c3CCC(=O)[O-].[Fe+2].[H+].[H+].[H+].[H+]. The van der Waals surface area contributed by atoms with Crippen molar-refractivity contribution in [1.82, 2.24) is 83.1 Å². The number of fused-ring (bicyclic) bond motifs is 7. The second kappa shape index (κ2) is 48.6. The van der Waals surface area contributed by atoms with Crippen LogP contribution < -0.4 is 106 Å². The van der Waals surface area contributed by atoms with Crippen molar-refractivity contribution in [3.63, 3.8) is 0 Å². The monoisotopic (exact) mass is 1860 g/mol. The molecule has 698 valence electrons. The molecule has 4 aromatic rings. The summed E-state index contributed by atoms with van der Waals surface area (Å²) in [4.78, 5) is 247. The van der Waals surface area contributed by atoms with Crippen molar-refractivity contribution < 1.29 is 125 Å². The number of nitrogens with zero attached hydrogens (tertiary/aromatic N) is 5. The van der Waals surface area contributed by atoms with Crippen LogP contribution in [0.1, 0.15) is 208 Å². The maximum absolute atomic E-state index is 15.6. The quantitative estimate of drug-likeness (QED) is 0.0148. The van der Waals surface area contributed by atoms with Gasteiger partial charge in [-0.25, -0.2) is 15.0 Å². The van der Waals surface area contributed by atoms with Crippen LogP contribution in [0, 0.1) is 25.7 Å². The molecule has 20 N–H and O–H groups in total. The first-order valence-corrected chi connectivity index (χ1v) is 43.7. The Balaban J connectivity index is 0.0000118. The number of aromatic nitrogens is 6. The van der Waals surface area contributed by atoms with E-state index in [4.69, 9.17) is 42.9 Å². The summed E-state index contributed by atoms with van der Waals surface area (Å²) in [7, 11) is 0. The maximum Gasteiger partial charge on any atom is 2.00 e. The summed E-state index contributed by atoms with van der Waals surface area (Å²) in [6.45, 7) is 19.3. The predicted molar refractivity (Wildman–Crippen MR) is 464 cm³/mol. The van der Waals surface area contributed by atoms with E-state index in [9.17, 15) is 83.1 Å². The van der Waals surface area contributed by atoms with Gasteiger partial charge < -0.3 is 136 Å². The van der Waals surface area contributed by atoms with Crippen molar-refractivity contribution in [3.8, 4) is 0 Å². The van der Waals surface area contributed by atoms with Gasteiger partial charge >= 0.3 is 22.8 Å². The fourth-order valence-electron chi connectivity index (χ4n) is 14.4. The first kappa shape index (κ1) is 105. The molecule has 3 aliphatic rings. The summed E-state index contributed by atoms with van der Waals surface area (Å²) in [5.41, 5.74) is 30.0. The number of hydrogen-bond donors (Lipinski definition) is 16. The number of aromatic amines is 1. The predicted octanol–water partition coefficient (Wildman–Crippen LogP) is -4.57. The number of H-pyrrole nitrogens is 1. The smallest absolute Gasteiger partial charge is 0.657 e. The number of nitrogens with two attached hydrogens (primary N) is 4. The topological polar surface area (TPSA) is 693 Å². The molecule has 0 saturated carbocycles. The number of carbonyl (C=O) groups excluding carboxylic acids is 16. The molecule has 9 bridgehead atoms. The molecule has 0 fully saturated rings. The first-order valence-electron chi connectivity index (χ1n) is 41.6. The Bertz CT molecular complexity index is 5080. The molecule has 0 saturated heterocycles. The maximum atomic E-state index is 15.6. The number of nitrogens with one attached hydrogen (secondary N) is 11. The van der Waals surface area contributed by atoms with Crippen LogP contribution in [-0.4, -0.2) is 216 Å². The minimum atomic E-state index is -1.96. The standard InChI is InChI=1S/C84H118N20O21S2.Fe/c1-36(2)71(88)81(121)98-51(19-22-65(87)107)76(116)97-49(15-13-14-26-85)75(115)101-62-33-126-44(11)69-40(7)55-28-53-38(5)47(16-23-66(108)109)57(92-53)31-58-48(17-24-67(110)111)39(6)54(93-58)29-59-70(41(8)56(95-59)30-60(69)94-55)45(12)127-34-63(102-77(117)50(18-21-64(86)106)96-74(114)42(9)91-79(62)119)80(120)100-61(27-46-32-89-35-90-46)78(118)104-73(43(10)105)83(123)103-72(37(3)4)82(122)99-52(84(124)125)20-25-68(112)113;/h28-32,35-37,42-45,49-52,61-63,71-73,105H,13-27,33-34,85,88H2,1-12H3,(H21,86,87,89,90,91,92,93,94,95,96,97,98,99,100,101,102,103,104,106,107,108,109,110,111,112,113,114,115,116,117,118,119,120,121,122,123,124,125);/q;+2/p-2. The number of amides is 12. The average Bonchev–Trinajstić information content (AvgIpc) is 1.61. The average molecular weight is 1860 g/mol. The van der Waals surface area contributed by atoms with Crippen molar-refractivity contribution in [1.29, 1.82) is 0 Å². The van der Waals surface area contributed by atoms with E-state index in [-0.39, 0.29) is 90.5 Å². The molecule has 0 aromatic carbocycles. The molecule has 0 spiro atoms. The van der Waals surface area contributed by atoms with Gasteiger partial charge in [-0.15, -0.1) is 22.1 Å². The van der Waals surface area contributed by atoms with Crippen LogP contribution in [0.2, 0.25) is 0 Å². The van der Waals surface area contributed by atoms with Gasteiger partial charge in [0.25, 0.3) is 0 Å². The largest absolute Gasteiger partial charge is 2.00 e. The summed E-state index contributed by atoms with van der Waals surface area (Å²) in [5.74, 6) is -20.5. The molecule has 0 aliphatic carbocycles. The van der Waals surface area contributed by atoms with Gasteiger partial charge in [0, 0.05) is 65.4 Å².